The number of methoxy groups -OCH3 is 1. The molecule has 6 heteroatoms. The van der Waals surface area contributed by atoms with E-state index in [1.54, 1.807) is 7.11 Å². The molecular weight excluding hydrogens is 320 g/mol. The maximum absolute atomic E-state index is 5.01. The highest BCUT2D eigenvalue weighted by Gasteiger charge is 2.03. The first kappa shape index (κ1) is 14.7. The van der Waals surface area contributed by atoms with Crippen molar-refractivity contribution in [3.8, 4) is 0 Å². The first-order valence-corrected chi connectivity index (χ1v) is 7.08. The van der Waals surface area contributed by atoms with Crippen molar-refractivity contribution in [1.29, 1.82) is 0 Å². The van der Waals surface area contributed by atoms with Gasteiger partial charge in [0.25, 0.3) is 0 Å². The molecule has 0 aliphatic heterocycles. The van der Waals surface area contributed by atoms with Crippen molar-refractivity contribution >= 4 is 33.4 Å². The Labute approximate surface area is 126 Å². The fraction of sp³-hybridized carbons (Fsp3) is 0.286. The molecule has 2 N–H and O–H groups in total. The second-order valence-corrected chi connectivity index (χ2v) is 5.19. The predicted octanol–water partition coefficient (Wildman–Crippen LogP) is 3.35. The smallest absolute Gasteiger partial charge is 0.229 e. The molecule has 0 saturated carbocycles. The number of aryl methyl sites for hydroxylation is 1. The zero-order valence-electron chi connectivity index (χ0n) is 11.5. The van der Waals surface area contributed by atoms with Gasteiger partial charge in [-0.1, -0.05) is 22.0 Å². The summed E-state index contributed by atoms with van der Waals surface area (Å²) in [7, 11) is 1.67. The SMILES string of the molecule is COCCNc1cc(C)nc(Nc2cccc(Br)c2)n1. The van der Waals surface area contributed by atoms with Crippen LogP contribution in [-0.2, 0) is 4.74 Å². The third-order valence-corrected chi connectivity index (χ3v) is 3.04. The van der Waals surface area contributed by atoms with Crippen LogP contribution in [0.25, 0.3) is 0 Å². The van der Waals surface area contributed by atoms with Crippen molar-refractivity contribution in [1.82, 2.24) is 9.97 Å². The average molecular weight is 337 g/mol. The van der Waals surface area contributed by atoms with Crippen LogP contribution in [-0.4, -0.2) is 30.2 Å². The summed E-state index contributed by atoms with van der Waals surface area (Å²) in [5.41, 5.74) is 1.84. The van der Waals surface area contributed by atoms with Gasteiger partial charge in [0.05, 0.1) is 6.61 Å². The monoisotopic (exact) mass is 336 g/mol. The largest absolute Gasteiger partial charge is 0.383 e. The Morgan fingerprint density at radius 2 is 2.10 bits per heavy atom. The van der Waals surface area contributed by atoms with Crippen LogP contribution >= 0.6 is 15.9 Å². The summed E-state index contributed by atoms with van der Waals surface area (Å²) in [4.78, 5) is 8.80. The Kier molecular flexibility index (Phi) is 5.31. The lowest BCUT2D eigenvalue weighted by atomic mass is 10.3. The van der Waals surface area contributed by atoms with Crippen molar-refractivity contribution in [2.45, 2.75) is 6.92 Å². The van der Waals surface area contributed by atoms with Gasteiger partial charge in [-0.25, -0.2) is 4.98 Å². The quantitative estimate of drug-likeness (QED) is 0.792. The number of benzene rings is 1. The van der Waals surface area contributed by atoms with E-state index in [1.807, 2.05) is 37.3 Å². The number of hydrogen-bond donors (Lipinski definition) is 2. The molecule has 0 bridgehead atoms. The van der Waals surface area contributed by atoms with Crippen molar-refractivity contribution in [2.75, 3.05) is 30.9 Å². The zero-order chi connectivity index (χ0) is 14.4. The molecule has 0 aliphatic rings. The minimum atomic E-state index is 0.572. The lowest BCUT2D eigenvalue weighted by Crippen LogP contribution is -2.10. The van der Waals surface area contributed by atoms with E-state index >= 15 is 0 Å². The molecule has 0 aliphatic carbocycles. The molecule has 0 fully saturated rings. The van der Waals surface area contributed by atoms with Crippen LogP contribution in [0.1, 0.15) is 5.69 Å². The first-order valence-electron chi connectivity index (χ1n) is 6.28. The molecule has 0 spiro atoms. The maximum Gasteiger partial charge on any atom is 0.229 e. The summed E-state index contributed by atoms with van der Waals surface area (Å²) in [6.07, 6.45) is 0. The van der Waals surface area contributed by atoms with Gasteiger partial charge in [-0.05, 0) is 25.1 Å². The molecule has 20 heavy (non-hydrogen) atoms. The molecular formula is C14H17BrN4O. The van der Waals surface area contributed by atoms with Crippen LogP contribution in [0, 0.1) is 6.92 Å². The van der Waals surface area contributed by atoms with Gasteiger partial charge in [0.2, 0.25) is 5.95 Å². The summed E-state index contributed by atoms with van der Waals surface area (Å²) in [5, 5.41) is 6.39. The third kappa shape index (κ3) is 4.47. The molecule has 0 saturated heterocycles. The Hall–Kier alpha value is -1.66. The van der Waals surface area contributed by atoms with Gasteiger partial charge < -0.3 is 15.4 Å². The molecule has 0 amide bonds. The molecule has 0 atom stereocenters. The van der Waals surface area contributed by atoms with Crippen LogP contribution in [0.15, 0.2) is 34.8 Å². The normalized spacial score (nSPS) is 10.3. The highest BCUT2D eigenvalue weighted by molar-refractivity contribution is 9.10. The summed E-state index contributed by atoms with van der Waals surface area (Å²) in [6.45, 7) is 3.29. The van der Waals surface area contributed by atoms with Gasteiger partial charge in [0, 0.05) is 35.6 Å². The predicted molar refractivity (Wildman–Crippen MR) is 84.6 cm³/mol. The van der Waals surface area contributed by atoms with Gasteiger partial charge >= 0.3 is 0 Å². The summed E-state index contributed by atoms with van der Waals surface area (Å²) in [5.74, 6) is 1.36. The zero-order valence-corrected chi connectivity index (χ0v) is 13.1. The molecule has 1 aromatic heterocycles. The van der Waals surface area contributed by atoms with Crippen molar-refractivity contribution in [2.24, 2.45) is 0 Å². The van der Waals surface area contributed by atoms with Gasteiger partial charge in [0.15, 0.2) is 0 Å². The number of rotatable bonds is 6. The lowest BCUT2D eigenvalue weighted by Gasteiger charge is -2.10. The Bertz CT molecular complexity index is 577. The van der Waals surface area contributed by atoms with E-state index < -0.39 is 0 Å². The minimum Gasteiger partial charge on any atom is -0.383 e. The fourth-order valence-electron chi connectivity index (χ4n) is 1.69. The number of nitrogens with zero attached hydrogens (tertiary/aromatic N) is 2. The van der Waals surface area contributed by atoms with Crippen molar-refractivity contribution in [3.63, 3.8) is 0 Å². The molecule has 2 rings (SSSR count). The maximum atomic E-state index is 5.01. The minimum absolute atomic E-state index is 0.572. The highest BCUT2D eigenvalue weighted by Crippen LogP contribution is 2.19. The van der Waals surface area contributed by atoms with Crippen LogP contribution in [0.3, 0.4) is 0 Å². The lowest BCUT2D eigenvalue weighted by molar-refractivity contribution is 0.210. The molecule has 1 heterocycles. The average Bonchev–Trinajstić information content (AvgIpc) is 2.38. The van der Waals surface area contributed by atoms with E-state index in [0.29, 0.717) is 19.1 Å². The molecule has 0 unspecified atom stereocenters. The number of ether oxygens (including phenoxy) is 1. The van der Waals surface area contributed by atoms with Crippen LogP contribution in [0.4, 0.5) is 17.5 Å². The van der Waals surface area contributed by atoms with Crippen LogP contribution in [0.2, 0.25) is 0 Å². The topological polar surface area (TPSA) is 59.1 Å². The van der Waals surface area contributed by atoms with Crippen molar-refractivity contribution < 1.29 is 4.74 Å². The van der Waals surface area contributed by atoms with E-state index in [0.717, 1.165) is 21.7 Å². The summed E-state index contributed by atoms with van der Waals surface area (Å²) in [6, 6.07) is 9.78. The Morgan fingerprint density at radius 1 is 1.25 bits per heavy atom. The van der Waals surface area contributed by atoms with E-state index in [4.69, 9.17) is 4.74 Å². The number of halogens is 1. The Balaban J connectivity index is 2.11. The van der Waals surface area contributed by atoms with Crippen LogP contribution < -0.4 is 10.6 Å². The molecule has 2 aromatic rings. The summed E-state index contributed by atoms with van der Waals surface area (Å²) >= 11 is 3.44. The number of aromatic nitrogens is 2. The molecule has 0 radical (unpaired) electrons. The number of anilines is 3. The third-order valence-electron chi connectivity index (χ3n) is 2.55. The second kappa shape index (κ2) is 7.21. The number of hydrogen-bond acceptors (Lipinski definition) is 5. The number of nitrogens with one attached hydrogen (secondary N) is 2. The molecule has 5 nitrogen and oxygen atoms in total. The van der Waals surface area contributed by atoms with E-state index in [-0.39, 0.29) is 0 Å². The van der Waals surface area contributed by atoms with Gasteiger partial charge in [-0.2, -0.15) is 4.98 Å². The van der Waals surface area contributed by atoms with Crippen LogP contribution in [0.5, 0.6) is 0 Å². The molecule has 1 aromatic carbocycles. The Morgan fingerprint density at radius 3 is 2.85 bits per heavy atom. The summed E-state index contributed by atoms with van der Waals surface area (Å²) < 4.78 is 6.01. The van der Waals surface area contributed by atoms with Crippen molar-refractivity contribution in [3.05, 3.63) is 40.5 Å². The van der Waals surface area contributed by atoms with Gasteiger partial charge in [0.1, 0.15) is 5.82 Å². The van der Waals surface area contributed by atoms with E-state index in [9.17, 15) is 0 Å². The van der Waals surface area contributed by atoms with Gasteiger partial charge in [-0.3, -0.25) is 0 Å². The highest BCUT2D eigenvalue weighted by atomic mass is 79.9. The van der Waals surface area contributed by atoms with E-state index in [2.05, 4.69) is 36.5 Å². The second-order valence-electron chi connectivity index (χ2n) is 4.27. The van der Waals surface area contributed by atoms with Gasteiger partial charge in [-0.15, -0.1) is 0 Å². The first-order chi connectivity index (χ1) is 9.67. The van der Waals surface area contributed by atoms with E-state index in [1.165, 1.54) is 0 Å². The standard InChI is InChI=1S/C14H17BrN4O/c1-10-8-13(16-6-7-20-2)19-14(17-10)18-12-5-3-4-11(15)9-12/h3-5,8-9H,6-7H2,1-2H3,(H2,16,17,18,19). The fourth-order valence-corrected chi connectivity index (χ4v) is 2.09. The molecule has 106 valence electrons.